The molecular weight excluding hydrogens is 287 g/mol. The molecule has 1 aliphatic rings. The number of carbonyl (C=O) groups is 1. The second-order valence-corrected chi connectivity index (χ2v) is 6.25. The molecule has 1 aliphatic heterocycles. The van der Waals surface area contributed by atoms with Gasteiger partial charge in [-0.1, -0.05) is 0 Å². The van der Waals surface area contributed by atoms with E-state index in [0.29, 0.717) is 0 Å². The summed E-state index contributed by atoms with van der Waals surface area (Å²) in [5.41, 5.74) is 0.0986. The normalized spacial score (nSPS) is 19.4. The van der Waals surface area contributed by atoms with Crippen molar-refractivity contribution in [3.8, 4) is 0 Å². The second kappa shape index (κ2) is 5.44. The molecule has 108 valence electrons. The summed E-state index contributed by atoms with van der Waals surface area (Å²) in [4.78, 5) is 20.8. The maximum atomic E-state index is 11.8. The smallest absolute Gasteiger partial charge is 0.423 e. The van der Waals surface area contributed by atoms with Gasteiger partial charge < -0.3 is 10.0 Å². The minimum atomic E-state index is -3.64. The molecule has 0 saturated carbocycles. The minimum Gasteiger partial charge on any atom is -0.423 e. The van der Waals surface area contributed by atoms with Crippen molar-refractivity contribution < 1.29 is 23.3 Å². The fourth-order valence-corrected chi connectivity index (χ4v) is 2.90. The number of carbonyl (C=O) groups excluding carboxylic acids is 1. The van der Waals surface area contributed by atoms with Crippen molar-refractivity contribution in [2.24, 2.45) is 11.1 Å². The highest BCUT2D eigenvalue weighted by Gasteiger charge is 2.34. The SMILES string of the molecule is NS(=O)(=O)CC1CC(=O)N(c2ncc(B(O)O)cn2)C1. The van der Waals surface area contributed by atoms with Crippen LogP contribution in [0.2, 0.25) is 0 Å². The van der Waals surface area contributed by atoms with Crippen LogP contribution in [-0.2, 0) is 14.8 Å². The van der Waals surface area contributed by atoms with E-state index in [1.54, 1.807) is 0 Å². The van der Waals surface area contributed by atoms with Crippen LogP contribution in [-0.4, -0.2) is 53.8 Å². The first-order chi connectivity index (χ1) is 9.26. The molecule has 11 heteroatoms. The van der Waals surface area contributed by atoms with Gasteiger partial charge in [0.25, 0.3) is 0 Å². The molecule has 2 heterocycles. The van der Waals surface area contributed by atoms with E-state index in [1.165, 1.54) is 17.3 Å². The van der Waals surface area contributed by atoms with Gasteiger partial charge >= 0.3 is 7.12 Å². The number of hydrogen-bond donors (Lipinski definition) is 3. The number of hydrogen-bond acceptors (Lipinski definition) is 7. The van der Waals surface area contributed by atoms with Gasteiger partial charge in [-0.3, -0.25) is 9.69 Å². The molecule has 0 aliphatic carbocycles. The van der Waals surface area contributed by atoms with Crippen molar-refractivity contribution >= 4 is 34.5 Å². The van der Waals surface area contributed by atoms with Crippen LogP contribution >= 0.6 is 0 Å². The Morgan fingerprint density at radius 3 is 2.50 bits per heavy atom. The third kappa shape index (κ3) is 3.51. The van der Waals surface area contributed by atoms with Crippen molar-refractivity contribution in [3.05, 3.63) is 12.4 Å². The number of primary sulfonamides is 1. The summed E-state index contributed by atoms with van der Waals surface area (Å²) < 4.78 is 22.0. The average molecular weight is 300 g/mol. The van der Waals surface area contributed by atoms with E-state index < -0.39 is 23.1 Å². The van der Waals surface area contributed by atoms with Crippen LogP contribution < -0.4 is 15.5 Å². The number of nitrogens with zero attached hydrogens (tertiary/aromatic N) is 3. The van der Waals surface area contributed by atoms with E-state index in [9.17, 15) is 13.2 Å². The monoisotopic (exact) mass is 300 g/mol. The first-order valence-corrected chi connectivity index (χ1v) is 7.47. The van der Waals surface area contributed by atoms with Crippen LogP contribution in [0.1, 0.15) is 6.42 Å². The predicted octanol–water partition coefficient (Wildman–Crippen LogP) is -3.20. The quantitative estimate of drug-likeness (QED) is 0.496. The molecule has 1 aromatic rings. The highest BCUT2D eigenvalue weighted by Crippen LogP contribution is 2.22. The highest BCUT2D eigenvalue weighted by molar-refractivity contribution is 7.89. The average Bonchev–Trinajstić information content (AvgIpc) is 2.67. The van der Waals surface area contributed by atoms with Gasteiger partial charge in [-0.15, -0.1) is 0 Å². The van der Waals surface area contributed by atoms with Crippen LogP contribution in [0.5, 0.6) is 0 Å². The van der Waals surface area contributed by atoms with E-state index in [4.69, 9.17) is 15.2 Å². The summed E-state index contributed by atoms with van der Waals surface area (Å²) >= 11 is 0. The van der Waals surface area contributed by atoms with E-state index >= 15 is 0 Å². The lowest BCUT2D eigenvalue weighted by Crippen LogP contribution is -2.33. The van der Waals surface area contributed by atoms with Crippen molar-refractivity contribution in [1.29, 1.82) is 0 Å². The van der Waals surface area contributed by atoms with Gasteiger partial charge in [-0.05, 0) is 0 Å². The van der Waals surface area contributed by atoms with E-state index in [-0.39, 0.29) is 36.0 Å². The van der Waals surface area contributed by atoms with Crippen molar-refractivity contribution in [3.63, 3.8) is 0 Å². The zero-order valence-corrected chi connectivity index (χ0v) is 11.2. The fraction of sp³-hybridized carbons (Fsp3) is 0.444. The van der Waals surface area contributed by atoms with Gasteiger partial charge in [0.2, 0.25) is 21.9 Å². The molecule has 1 fully saturated rings. The third-order valence-electron chi connectivity index (χ3n) is 2.87. The van der Waals surface area contributed by atoms with E-state index in [1.807, 2.05) is 0 Å². The zero-order chi connectivity index (χ0) is 14.9. The van der Waals surface area contributed by atoms with Crippen molar-refractivity contribution in [2.75, 3.05) is 17.2 Å². The molecule has 1 atom stereocenters. The number of anilines is 1. The summed E-state index contributed by atoms with van der Waals surface area (Å²) in [6.45, 7) is 0.163. The summed E-state index contributed by atoms with van der Waals surface area (Å²) in [6.07, 6.45) is 2.44. The second-order valence-electron chi connectivity index (χ2n) is 4.59. The van der Waals surface area contributed by atoms with E-state index in [0.717, 1.165) is 0 Å². The first kappa shape index (κ1) is 14.8. The Morgan fingerprint density at radius 2 is 2.00 bits per heavy atom. The number of amides is 1. The largest absolute Gasteiger partial charge is 0.491 e. The summed E-state index contributed by atoms with van der Waals surface area (Å²) in [5, 5.41) is 22.8. The molecule has 9 nitrogen and oxygen atoms in total. The molecule has 0 aromatic carbocycles. The molecule has 2 rings (SSSR count). The lowest BCUT2D eigenvalue weighted by Gasteiger charge is -2.14. The van der Waals surface area contributed by atoms with Crippen LogP contribution in [0, 0.1) is 5.92 Å². The standard InChI is InChI=1S/C9H13BN4O5S/c11-20(18,19)5-6-1-8(15)14(4-6)9-12-2-7(3-13-9)10(16)17/h2-3,6,16-17H,1,4-5H2,(H2,11,18,19). The fourth-order valence-electron chi connectivity index (χ4n) is 2.02. The number of nitrogens with two attached hydrogens (primary N) is 1. The Balaban J connectivity index is 2.11. The van der Waals surface area contributed by atoms with E-state index in [2.05, 4.69) is 9.97 Å². The Morgan fingerprint density at radius 1 is 1.40 bits per heavy atom. The number of rotatable bonds is 4. The maximum Gasteiger partial charge on any atom is 0.491 e. The molecule has 1 amide bonds. The Hall–Kier alpha value is -1.56. The topological polar surface area (TPSA) is 147 Å². The molecule has 1 aromatic heterocycles. The Labute approximate surface area is 115 Å². The molecule has 0 radical (unpaired) electrons. The molecule has 1 saturated heterocycles. The molecule has 4 N–H and O–H groups in total. The van der Waals surface area contributed by atoms with Crippen LogP contribution in [0.15, 0.2) is 12.4 Å². The molecule has 0 bridgehead atoms. The summed E-state index contributed by atoms with van der Waals surface area (Å²) in [7, 11) is -5.33. The third-order valence-corrected chi connectivity index (χ3v) is 3.81. The van der Waals surface area contributed by atoms with Gasteiger partial charge in [0, 0.05) is 36.7 Å². The van der Waals surface area contributed by atoms with Gasteiger partial charge in [0.15, 0.2) is 0 Å². The Bertz CT molecular complexity index is 605. The summed E-state index contributed by atoms with van der Waals surface area (Å²) in [5.74, 6) is -0.876. The van der Waals surface area contributed by atoms with Crippen molar-refractivity contribution in [2.45, 2.75) is 6.42 Å². The van der Waals surface area contributed by atoms with Gasteiger partial charge in [0.1, 0.15) is 0 Å². The molecular formula is C9H13BN4O5S. The highest BCUT2D eigenvalue weighted by atomic mass is 32.2. The van der Waals surface area contributed by atoms with Gasteiger partial charge in [-0.2, -0.15) is 0 Å². The van der Waals surface area contributed by atoms with Crippen molar-refractivity contribution in [1.82, 2.24) is 9.97 Å². The molecule has 0 spiro atoms. The lowest BCUT2D eigenvalue weighted by atomic mass is 9.83. The lowest BCUT2D eigenvalue weighted by molar-refractivity contribution is -0.117. The van der Waals surface area contributed by atoms with Gasteiger partial charge in [0.05, 0.1) is 5.75 Å². The zero-order valence-electron chi connectivity index (χ0n) is 10.4. The first-order valence-electron chi connectivity index (χ1n) is 5.75. The van der Waals surface area contributed by atoms with Crippen LogP contribution in [0.4, 0.5) is 5.95 Å². The maximum absolute atomic E-state index is 11.8. The van der Waals surface area contributed by atoms with Crippen LogP contribution in [0.25, 0.3) is 0 Å². The van der Waals surface area contributed by atoms with Gasteiger partial charge in [-0.25, -0.2) is 23.5 Å². The Kier molecular flexibility index (Phi) is 4.04. The number of aromatic nitrogens is 2. The van der Waals surface area contributed by atoms with Crippen LogP contribution in [0.3, 0.4) is 0 Å². The molecule has 1 unspecified atom stereocenters. The predicted molar refractivity (Wildman–Crippen MR) is 70.3 cm³/mol. The minimum absolute atomic E-state index is 0.0597. The summed E-state index contributed by atoms with van der Waals surface area (Å²) in [6, 6.07) is 0. The number of sulfonamides is 1. The molecule has 20 heavy (non-hydrogen) atoms.